The number of aromatic nitrogens is 1. The number of carboxylic acid groups (broad SMARTS) is 1. The zero-order valence-corrected chi connectivity index (χ0v) is 21.1. The van der Waals surface area contributed by atoms with Gasteiger partial charge in [0, 0.05) is 24.6 Å². The number of hydrogen-bond donors (Lipinski definition) is 1. The number of likely N-dealkylation sites (tertiary alicyclic amines) is 1. The molecule has 0 spiro atoms. The van der Waals surface area contributed by atoms with E-state index in [1.165, 1.54) is 0 Å². The van der Waals surface area contributed by atoms with Crippen molar-refractivity contribution < 1.29 is 28.6 Å². The van der Waals surface area contributed by atoms with Crippen LogP contribution in [0.5, 0.6) is 5.75 Å². The number of carbonyl (C=O) groups is 2. The Morgan fingerprint density at radius 3 is 2.56 bits per heavy atom. The van der Waals surface area contributed by atoms with Gasteiger partial charge >= 0.3 is 12.1 Å². The van der Waals surface area contributed by atoms with Gasteiger partial charge in [-0.1, -0.05) is 30.3 Å². The van der Waals surface area contributed by atoms with E-state index in [0.717, 1.165) is 11.1 Å². The van der Waals surface area contributed by atoms with Gasteiger partial charge in [-0.2, -0.15) is 0 Å². The number of aliphatic carboxylic acids is 1. The highest BCUT2D eigenvalue weighted by atomic mass is 16.6. The summed E-state index contributed by atoms with van der Waals surface area (Å²) in [4.78, 5) is 30.4. The molecule has 1 aromatic heterocycles. The SMILES string of the molecule is Cc1oc(-c2ccccc2)nc1COc1cccc([C@@H]2CN(C(=O)OC(C)(C)C)C[C@@H]2CC(=O)O)c1. The van der Waals surface area contributed by atoms with Gasteiger partial charge in [-0.15, -0.1) is 0 Å². The summed E-state index contributed by atoms with van der Waals surface area (Å²) < 4.78 is 17.4. The number of rotatable bonds is 7. The van der Waals surface area contributed by atoms with Gasteiger partial charge in [-0.25, -0.2) is 9.78 Å². The number of carboxylic acids is 1. The molecule has 0 aliphatic carbocycles. The predicted octanol–water partition coefficient (Wildman–Crippen LogP) is 5.65. The Kier molecular flexibility index (Phi) is 7.33. The molecule has 3 aromatic rings. The Morgan fingerprint density at radius 2 is 1.86 bits per heavy atom. The summed E-state index contributed by atoms with van der Waals surface area (Å²) in [6, 6.07) is 17.3. The molecule has 8 nitrogen and oxygen atoms in total. The maximum absolute atomic E-state index is 12.6. The molecular weight excluding hydrogens is 460 g/mol. The monoisotopic (exact) mass is 492 g/mol. The first-order valence-electron chi connectivity index (χ1n) is 12.0. The van der Waals surface area contributed by atoms with Gasteiger partial charge in [0.25, 0.3) is 0 Å². The summed E-state index contributed by atoms with van der Waals surface area (Å²) in [5, 5.41) is 9.45. The van der Waals surface area contributed by atoms with Gasteiger partial charge in [0.05, 0.1) is 6.42 Å². The fourth-order valence-electron chi connectivity index (χ4n) is 4.41. The first kappa shape index (κ1) is 25.3. The number of carbonyl (C=O) groups excluding carboxylic acids is 1. The van der Waals surface area contributed by atoms with Crippen LogP contribution in [0.15, 0.2) is 59.0 Å². The van der Waals surface area contributed by atoms with Crippen LogP contribution in [-0.4, -0.2) is 45.7 Å². The highest BCUT2D eigenvalue weighted by Gasteiger charge is 2.39. The van der Waals surface area contributed by atoms with Crippen molar-refractivity contribution in [1.29, 1.82) is 0 Å². The third-order valence-corrected chi connectivity index (χ3v) is 6.10. The van der Waals surface area contributed by atoms with E-state index in [9.17, 15) is 14.7 Å². The van der Waals surface area contributed by atoms with Crippen molar-refractivity contribution >= 4 is 12.1 Å². The molecule has 1 saturated heterocycles. The Labute approximate surface area is 210 Å². The molecule has 0 saturated carbocycles. The Hall–Kier alpha value is -3.81. The molecule has 4 rings (SSSR count). The zero-order chi connectivity index (χ0) is 25.9. The Morgan fingerprint density at radius 1 is 1.11 bits per heavy atom. The first-order chi connectivity index (χ1) is 17.1. The van der Waals surface area contributed by atoms with E-state index in [2.05, 4.69) is 4.98 Å². The van der Waals surface area contributed by atoms with Gasteiger partial charge < -0.3 is 23.9 Å². The number of hydrogen-bond acceptors (Lipinski definition) is 6. The fourth-order valence-corrected chi connectivity index (χ4v) is 4.41. The summed E-state index contributed by atoms with van der Waals surface area (Å²) in [6.45, 7) is 8.25. The highest BCUT2D eigenvalue weighted by Crippen LogP contribution is 2.37. The van der Waals surface area contributed by atoms with Gasteiger partial charge in [0.2, 0.25) is 5.89 Å². The minimum atomic E-state index is -0.890. The maximum atomic E-state index is 12.6. The lowest BCUT2D eigenvalue weighted by molar-refractivity contribution is -0.138. The van der Waals surface area contributed by atoms with E-state index in [0.29, 0.717) is 36.2 Å². The Bertz CT molecular complexity index is 1210. The molecule has 2 aromatic carbocycles. The molecule has 2 atom stereocenters. The van der Waals surface area contributed by atoms with Crippen molar-refractivity contribution in [2.45, 2.75) is 52.2 Å². The van der Waals surface area contributed by atoms with Crippen LogP contribution in [-0.2, 0) is 16.1 Å². The molecule has 1 amide bonds. The zero-order valence-electron chi connectivity index (χ0n) is 21.1. The minimum Gasteiger partial charge on any atom is -0.487 e. The van der Waals surface area contributed by atoms with E-state index in [4.69, 9.17) is 13.9 Å². The summed E-state index contributed by atoms with van der Waals surface area (Å²) in [7, 11) is 0. The third kappa shape index (κ3) is 6.24. The smallest absolute Gasteiger partial charge is 0.410 e. The largest absolute Gasteiger partial charge is 0.487 e. The molecule has 0 unspecified atom stereocenters. The number of ether oxygens (including phenoxy) is 2. The number of benzene rings is 2. The lowest BCUT2D eigenvalue weighted by Gasteiger charge is -2.24. The summed E-state index contributed by atoms with van der Waals surface area (Å²) in [6.07, 6.45) is -0.460. The molecule has 190 valence electrons. The van der Waals surface area contributed by atoms with Crippen LogP contribution in [0.1, 0.15) is 50.1 Å². The number of oxazole rings is 1. The third-order valence-electron chi connectivity index (χ3n) is 6.10. The van der Waals surface area contributed by atoms with Crippen molar-refractivity contribution in [3.05, 3.63) is 71.6 Å². The van der Waals surface area contributed by atoms with Crippen LogP contribution in [0.25, 0.3) is 11.5 Å². The maximum Gasteiger partial charge on any atom is 0.410 e. The van der Waals surface area contributed by atoms with Crippen LogP contribution in [0.2, 0.25) is 0 Å². The number of amides is 1. The average Bonchev–Trinajstić information content (AvgIpc) is 3.40. The van der Waals surface area contributed by atoms with Gasteiger partial charge in [-0.3, -0.25) is 4.79 Å². The summed E-state index contributed by atoms with van der Waals surface area (Å²) >= 11 is 0. The van der Waals surface area contributed by atoms with Crippen LogP contribution in [0, 0.1) is 12.8 Å². The summed E-state index contributed by atoms with van der Waals surface area (Å²) in [5.74, 6) is 0.618. The van der Waals surface area contributed by atoms with Crippen LogP contribution >= 0.6 is 0 Å². The first-order valence-corrected chi connectivity index (χ1v) is 12.0. The van der Waals surface area contributed by atoms with Crippen molar-refractivity contribution in [3.63, 3.8) is 0 Å². The molecule has 1 aliphatic rings. The molecule has 8 heteroatoms. The van der Waals surface area contributed by atoms with Crippen LogP contribution in [0.4, 0.5) is 4.79 Å². The summed E-state index contributed by atoms with van der Waals surface area (Å²) in [5.41, 5.74) is 1.91. The molecule has 36 heavy (non-hydrogen) atoms. The normalized spacial score (nSPS) is 17.7. The van der Waals surface area contributed by atoms with Gasteiger partial charge in [0.15, 0.2) is 0 Å². The quantitative estimate of drug-likeness (QED) is 0.454. The van der Waals surface area contributed by atoms with Crippen LogP contribution < -0.4 is 4.74 Å². The van der Waals surface area contributed by atoms with Gasteiger partial charge in [-0.05, 0) is 63.4 Å². The molecule has 0 radical (unpaired) electrons. The molecule has 1 fully saturated rings. The Balaban J connectivity index is 1.47. The second kappa shape index (κ2) is 10.4. The predicted molar refractivity (Wildman–Crippen MR) is 134 cm³/mol. The highest BCUT2D eigenvalue weighted by molar-refractivity contribution is 5.70. The van der Waals surface area contributed by atoms with E-state index in [1.807, 2.05) is 82.3 Å². The molecular formula is C28H32N2O6. The average molecular weight is 493 g/mol. The van der Waals surface area contributed by atoms with Gasteiger partial charge in [0.1, 0.15) is 29.4 Å². The fraction of sp³-hybridized carbons (Fsp3) is 0.393. The van der Waals surface area contributed by atoms with Crippen molar-refractivity contribution in [3.8, 4) is 17.2 Å². The molecule has 2 heterocycles. The van der Waals surface area contributed by atoms with E-state index in [-0.39, 0.29) is 24.9 Å². The topological polar surface area (TPSA) is 102 Å². The lowest BCUT2D eigenvalue weighted by atomic mass is 9.87. The minimum absolute atomic E-state index is 0.0323. The molecule has 1 N–H and O–H groups in total. The van der Waals surface area contributed by atoms with E-state index >= 15 is 0 Å². The van der Waals surface area contributed by atoms with E-state index < -0.39 is 17.7 Å². The van der Waals surface area contributed by atoms with E-state index in [1.54, 1.807) is 4.90 Å². The standard InChI is InChI=1S/C28H32N2O6/c1-18-24(29-26(35-18)19-9-6-5-7-10-19)17-34-22-12-8-11-20(13-22)23-16-30(15-21(23)14-25(31)32)27(33)36-28(2,3)4/h5-13,21,23H,14-17H2,1-4H3,(H,31,32)/t21-,23-/m0/s1. The van der Waals surface area contributed by atoms with Crippen molar-refractivity contribution in [2.75, 3.05) is 13.1 Å². The van der Waals surface area contributed by atoms with Crippen molar-refractivity contribution in [1.82, 2.24) is 9.88 Å². The molecule has 0 bridgehead atoms. The number of nitrogens with zero attached hydrogens (tertiary/aromatic N) is 2. The second-order valence-corrected chi connectivity index (χ2v) is 10.1. The second-order valence-electron chi connectivity index (χ2n) is 10.1. The van der Waals surface area contributed by atoms with Crippen molar-refractivity contribution in [2.24, 2.45) is 5.92 Å². The lowest BCUT2D eigenvalue weighted by Crippen LogP contribution is -2.35. The molecule has 1 aliphatic heterocycles. The van der Waals surface area contributed by atoms with Crippen LogP contribution in [0.3, 0.4) is 0 Å². The number of aryl methyl sites for hydroxylation is 1.